The van der Waals surface area contributed by atoms with Crippen molar-refractivity contribution in [2.75, 3.05) is 13.6 Å². The number of nitrogens with one attached hydrogen (secondary N) is 1. The van der Waals surface area contributed by atoms with Crippen molar-refractivity contribution in [1.82, 2.24) is 10.2 Å². The number of amides is 1. The third kappa shape index (κ3) is 3.62. The maximum Gasteiger partial charge on any atom is 0.234 e. The van der Waals surface area contributed by atoms with Gasteiger partial charge in [-0.1, -0.05) is 54.6 Å². The lowest BCUT2D eigenvalue weighted by atomic mass is 10.1. The fraction of sp³-hybridized carbons (Fsp3) is 0.350. The third-order valence-corrected chi connectivity index (χ3v) is 4.70. The van der Waals surface area contributed by atoms with Gasteiger partial charge in [0.2, 0.25) is 5.91 Å². The van der Waals surface area contributed by atoms with Gasteiger partial charge in [-0.15, -0.1) is 0 Å². The van der Waals surface area contributed by atoms with E-state index in [1.807, 2.05) is 44.3 Å². The van der Waals surface area contributed by atoms with Crippen LogP contribution in [0.4, 0.5) is 0 Å². The van der Waals surface area contributed by atoms with Crippen LogP contribution < -0.4 is 5.32 Å². The Morgan fingerprint density at radius 2 is 1.87 bits per heavy atom. The number of likely N-dealkylation sites (N-methyl/N-ethyl adjacent to an activating group) is 1. The van der Waals surface area contributed by atoms with Crippen molar-refractivity contribution in [3.05, 3.63) is 71.3 Å². The molecule has 23 heavy (non-hydrogen) atoms. The van der Waals surface area contributed by atoms with Gasteiger partial charge in [-0.3, -0.25) is 9.69 Å². The minimum Gasteiger partial charge on any atom is -0.348 e. The fourth-order valence-corrected chi connectivity index (χ4v) is 3.44. The number of aryl methyl sites for hydroxylation is 1. The van der Waals surface area contributed by atoms with E-state index in [-0.39, 0.29) is 11.9 Å². The van der Waals surface area contributed by atoms with Gasteiger partial charge in [0.15, 0.2) is 0 Å². The first-order valence-corrected chi connectivity index (χ1v) is 8.27. The smallest absolute Gasteiger partial charge is 0.234 e. The lowest BCUT2D eigenvalue weighted by molar-refractivity contribution is -0.123. The number of rotatable bonds is 5. The molecule has 0 aromatic heterocycles. The topological polar surface area (TPSA) is 32.3 Å². The largest absolute Gasteiger partial charge is 0.348 e. The van der Waals surface area contributed by atoms with Gasteiger partial charge in [0.1, 0.15) is 0 Å². The summed E-state index contributed by atoms with van der Waals surface area (Å²) in [5.41, 5.74) is 3.93. The summed E-state index contributed by atoms with van der Waals surface area (Å²) in [5, 5.41) is 3.09. The molecule has 0 radical (unpaired) electrons. The Morgan fingerprint density at radius 1 is 1.17 bits per heavy atom. The first-order valence-electron chi connectivity index (χ1n) is 8.27. The normalized spacial score (nSPS) is 17.8. The molecule has 0 saturated carbocycles. The Labute approximate surface area is 138 Å². The number of carbonyl (C=O) groups is 1. The van der Waals surface area contributed by atoms with Crippen LogP contribution in [-0.2, 0) is 11.2 Å². The van der Waals surface area contributed by atoms with E-state index < -0.39 is 0 Å². The van der Waals surface area contributed by atoms with Gasteiger partial charge < -0.3 is 5.32 Å². The van der Waals surface area contributed by atoms with Crippen molar-refractivity contribution >= 4 is 5.91 Å². The van der Waals surface area contributed by atoms with E-state index in [2.05, 4.69) is 34.5 Å². The van der Waals surface area contributed by atoms with Gasteiger partial charge in [-0.25, -0.2) is 0 Å². The molecule has 0 heterocycles. The lowest BCUT2D eigenvalue weighted by Gasteiger charge is -2.25. The maximum absolute atomic E-state index is 12.4. The molecular formula is C20H24N2O. The zero-order valence-corrected chi connectivity index (χ0v) is 13.8. The second-order valence-electron chi connectivity index (χ2n) is 6.37. The molecule has 1 aliphatic carbocycles. The van der Waals surface area contributed by atoms with E-state index in [9.17, 15) is 4.79 Å². The average Bonchev–Trinajstić information content (AvgIpc) is 2.99. The van der Waals surface area contributed by atoms with Crippen LogP contribution in [0, 0.1) is 0 Å². The van der Waals surface area contributed by atoms with Gasteiger partial charge in [-0.05, 0) is 43.5 Å². The average molecular weight is 308 g/mol. The molecule has 3 heteroatoms. The highest BCUT2D eigenvalue weighted by atomic mass is 16.2. The second kappa shape index (κ2) is 6.97. The van der Waals surface area contributed by atoms with E-state index in [0.29, 0.717) is 12.6 Å². The van der Waals surface area contributed by atoms with Crippen molar-refractivity contribution in [3.63, 3.8) is 0 Å². The number of hydrogen-bond donors (Lipinski definition) is 1. The van der Waals surface area contributed by atoms with Crippen LogP contribution in [0.15, 0.2) is 54.6 Å². The van der Waals surface area contributed by atoms with Crippen LogP contribution in [-0.4, -0.2) is 24.4 Å². The molecule has 0 saturated heterocycles. The molecule has 3 rings (SSSR count). The van der Waals surface area contributed by atoms with E-state index in [4.69, 9.17) is 0 Å². The van der Waals surface area contributed by atoms with Crippen LogP contribution >= 0.6 is 0 Å². The first kappa shape index (κ1) is 15.8. The van der Waals surface area contributed by atoms with Crippen LogP contribution in [0.1, 0.15) is 42.1 Å². The first-order chi connectivity index (χ1) is 11.1. The Balaban J connectivity index is 1.58. The summed E-state index contributed by atoms with van der Waals surface area (Å²) in [7, 11) is 2.04. The van der Waals surface area contributed by atoms with Gasteiger partial charge in [0, 0.05) is 6.04 Å². The molecule has 0 bridgehead atoms. The van der Waals surface area contributed by atoms with Gasteiger partial charge in [0.25, 0.3) is 0 Å². The molecule has 2 atom stereocenters. The highest BCUT2D eigenvalue weighted by molar-refractivity contribution is 5.78. The second-order valence-corrected chi connectivity index (χ2v) is 6.37. The SMILES string of the molecule is CC(NC(=O)CN(C)C1CCc2ccccc21)c1ccccc1. The summed E-state index contributed by atoms with van der Waals surface area (Å²) in [4.78, 5) is 14.5. The monoisotopic (exact) mass is 308 g/mol. The highest BCUT2D eigenvalue weighted by Gasteiger charge is 2.26. The predicted molar refractivity (Wildman–Crippen MR) is 93.1 cm³/mol. The summed E-state index contributed by atoms with van der Waals surface area (Å²) in [6.07, 6.45) is 2.20. The molecule has 120 valence electrons. The molecule has 0 aliphatic heterocycles. The summed E-state index contributed by atoms with van der Waals surface area (Å²) < 4.78 is 0. The molecule has 2 aromatic carbocycles. The van der Waals surface area contributed by atoms with Crippen LogP contribution in [0.25, 0.3) is 0 Å². The lowest BCUT2D eigenvalue weighted by Crippen LogP contribution is -2.37. The van der Waals surface area contributed by atoms with Crippen molar-refractivity contribution < 1.29 is 4.79 Å². The fourth-order valence-electron chi connectivity index (χ4n) is 3.44. The minimum atomic E-state index is 0.0352. The number of carbonyl (C=O) groups excluding carboxylic acids is 1. The Morgan fingerprint density at radius 3 is 2.65 bits per heavy atom. The molecule has 1 N–H and O–H groups in total. The Kier molecular flexibility index (Phi) is 4.77. The predicted octanol–water partition coefficient (Wildman–Crippen LogP) is 3.48. The Hall–Kier alpha value is -2.13. The van der Waals surface area contributed by atoms with Crippen molar-refractivity contribution in [2.24, 2.45) is 0 Å². The molecule has 2 aromatic rings. The third-order valence-electron chi connectivity index (χ3n) is 4.70. The number of fused-ring (bicyclic) bond motifs is 1. The number of hydrogen-bond acceptors (Lipinski definition) is 2. The summed E-state index contributed by atoms with van der Waals surface area (Å²) in [6, 6.07) is 19.0. The van der Waals surface area contributed by atoms with Crippen LogP contribution in [0.2, 0.25) is 0 Å². The van der Waals surface area contributed by atoms with Crippen molar-refractivity contribution in [2.45, 2.75) is 31.8 Å². The summed E-state index contributed by atoms with van der Waals surface area (Å²) in [6.45, 7) is 2.45. The summed E-state index contributed by atoms with van der Waals surface area (Å²) >= 11 is 0. The molecule has 1 amide bonds. The van der Waals surface area contributed by atoms with E-state index in [0.717, 1.165) is 18.4 Å². The standard InChI is InChI=1S/C20H24N2O/c1-15(16-8-4-3-5-9-16)21-20(23)14-22(2)19-13-12-17-10-6-7-11-18(17)19/h3-11,15,19H,12-14H2,1-2H3,(H,21,23). The highest BCUT2D eigenvalue weighted by Crippen LogP contribution is 2.34. The zero-order chi connectivity index (χ0) is 16.2. The van der Waals surface area contributed by atoms with Crippen molar-refractivity contribution in [3.8, 4) is 0 Å². The molecule has 0 fully saturated rings. The molecule has 2 unspecified atom stereocenters. The van der Waals surface area contributed by atoms with Gasteiger partial charge >= 0.3 is 0 Å². The maximum atomic E-state index is 12.4. The minimum absolute atomic E-state index is 0.0352. The molecule has 1 aliphatic rings. The van der Waals surface area contributed by atoms with Gasteiger partial charge in [0.05, 0.1) is 12.6 Å². The number of benzene rings is 2. The van der Waals surface area contributed by atoms with Crippen LogP contribution in [0.3, 0.4) is 0 Å². The van der Waals surface area contributed by atoms with Crippen molar-refractivity contribution in [1.29, 1.82) is 0 Å². The van der Waals surface area contributed by atoms with E-state index in [1.54, 1.807) is 0 Å². The quantitative estimate of drug-likeness (QED) is 0.917. The van der Waals surface area contributed by atoms with E-state index >= 15 is 0 Å². The zero-order valence-electron chi connectivity index (χ0n) is 13.8. The van der Waals surface area contributed by atoms with Crippen LogP contribution in [0.5, 0.6) is 0 Å². The number of nitrogens with zero attached hydrogens (tertiary/aromatic N) is 1. The molecule has 0 spiro atoms. The summed E-state index contributed by atoms with van der Waals surface area (Å²) in [5.74, 6) is 0.0771. The van der Waals surface area contributed by atoms with Gasteiger partial charge in [-0.2, -0.15) is 0 Å². The van der Waals surface area contributed by atoms with E-state index in [1.165, 1.54) is 11.1 Å². The molecule has 3 nitrogen and oxygen atoms in total. The Bertz CT molecular complexity index is 668. The molecular weight excluding hydrogens is 284 g/mol.